The van der Waals surface area contributed by atoms with E-state index < -0.39 is 16.0 Å². The van der Waals surface area contributed by atoms with Crippen molar-refractivity contribution < 1.29 is 4.92 Å². The average Bonchev–Trinajstić information content (AvgIpc) is 2.99. The van der Waals surface area contributed by atoms with Crippen LogP contribution in [-0.2, 0) is 0 Å². The standard InChI is InChI=1S/C13H8N4O4S/c18-11-5-6-12(19)16(15-11)13-14-10(7-22-13)8-1-3-9(4-2-8)17(20)21/h1-7H,(H,15,18). The van der Waals surface area contributed by atoms with Crippen LogP contribution in [0.15, 0.2) is 51.4 Å². The summed E-state index contributed by atoms with van der Waals surface area (Å²) in [4.78, 5) is 37.4. The zero-order valence-corrected chi connectivity index (χ0v) is 11.7. The number of hydrogen-bond donors (Lipinski definition) is 1. The number of non-ortho nitro benzene ring substituents is 1. The summed E-state index contributed by atoms with van der Waals surface area (Å²) >= 11 is 1.18. The van der Waals surface area contributed by atoms with Gasteiger partial charge in [0.05, 0.1) is 10.6 Å². The van der Waals surface area contributed by atoms with Crippen LogP contribution in [0.3, 0.4) is 0 Å². The van der Waals surface area contributed by atoms with Gasteiger partial charge in [0.25, 0.3) is 16.8 Å². The summed E-state index contributed by atoms with van der Waals surface area (Å²) in [5.74, 6) is 0. The van der Waals surface area contributed by atoms with Gasteiger partial charge >= 0.3 is 0 Å². The van der Waals surface area contributed by atoms with Crippen LogP contribution in [0.25, 0.3) is 16.4 Å². The molecule has 0 saturated carbocycles. The van der Waals surface area contributed by atoms with Crippen molar-refractivity contribution in [2.75, 3.05) is 0 Å². The lowest BCUT2D eigenvalue weighted by Gasteiger charge is -1.99. The van der Waals surface area contributed by atoms with E-state index in [0.717, 1.165) is 16.8 Å². The monoisotopic (exact) mass is 316 g/mol. The van der Waals surface area contributed by atoms with Crippen LogP contribution >= 0.6 is 11.3 Å². The number of rotatable bonds is 3. The first-order valence-corrected chi connectivity index (χ1v) is 6.96. The molecule has 0 unspecified atom stereocenters. The van der Waals surface area contributed by atoms with Crippen LogP contribution in [0.2, 0.25) is 0 Å². The predicted molar refractivity (Wildman–Crippen MR) is 80.4 cm³/mol. The van der Waals surface area contributed by atoms with E-state index in [2.05, 4.69) is 10.1 Å². The van der Waals surface area contributed by atoms with Crippen LogP contribution in [0, 0.1) is 10.1 Å². The Morgan fingerprint density at radius 3 is 2.55 bits per heavy atom. The highest BCUT2D eigenvalue weighted by atomic mass is 32.1. The summed E-state index contributed by atoms with van der Waals surface area (Å²) in [6.45, 7) is 0. The number of nitro groups is 1. The maximum Gasteiger partial charge on any atom is 0.272 e. The molecule has 2 heterocycles. The Bertz CT molecular complexity index is 955. The van der Waals surface area contributed by atoms with Gasteiger partial charge in [-0.2, -0.15) is 4.68 Å². The van der Waals surface area contributed by atoms with Crippen molar-refractivity contribution in [3.63, 3.8) is 0 Å². The lowest BCUT2D eigenvalue weighted by molar-refractivity contribution is -0.384. The molecule has 1 N–H and O–H groups in total. The summed E-state index contributed by atoms with van der Waals surface area (Å²) < 4.78 is 1.06. The third-order valence-electron chi connectivity index (χ3n) is 2.88. The van der Waals surface area contributed by atoms with E-state index >= 15 is 0 Å². The molecule has 0 aliphatic carbocycles. The second kappa shape index (κ2) is 5.37. The highest BCUT2D eigenvalue weighted by molar-refractivity contribution is 7.12. The minimum Gasteiger partial charge on any atom is -0.268 e. The van der Waals surface area contributed by atoms with E-state index in [-0.39, 0.29) is 5.69 Å². The van der Waals surface area contributed by atoms with Crippen molar-refractivity contribution in [1.29, 1.82) is 0 Å². The Balaban J connectivity index is 2.00. The first-order chi connectivity index (χ1) is 10.5. The van der Waals surface area contributed by atoms with Crippen LogP contribution in [0.1, 0.15) is 0 Å². The van der Waals surface area contributed by atoms with E-state index in [9.17, 15) is 19.7 Å². The fourth-order valence-corrected chi connectivity index (χ4v) is 2.62. The number of aromatic amines is 1. The number of H-pyrrole nitrogens is 1. The summed E-state index contributed by atoms with van der Waals surface area (Å²) in [5, 5.41) is 15.0. The van der Waals surface area contributed by atoms with Gasteiger partial charge in [0.1, 0.15) is 0 Å². The molecule has 22 heavy (non-hydrogen) atoms. The second-order valence-electron chi connectivity index (χ2n) is 4.30. The lowest BCUT2D eigenvalue weighted by Crippen LogP contribution is -2.26. The molecule has 3 aromatic rings. The number of nitro benzene ring substituents is 1. The first-order valence-electron chi connectivity index (χ1n) is 6.08. The van der Waals surface area contributed by atoms with E-state index in [4.69, 9.17) is 0 Å². The summed E-state index contributed by atoms with van der Waals surface area (Å²) in [7, 11) is 0. The number of nitrogens with one attached hydrogen (secondary N) is 1. The van der Waals surface area contributed by atoms with Gasteiger partial charge in [-0.1, -0.05) is 0 Å². The molecule has 1 aromatic carbocycles. The van der Waals surface area contributed by atoms with Crippen molar-refractivity contribution in [3.8, 4) is 16.4 Å². The molecule has 110 valence electrons. The molecule has 0 aliphatic heterocycles. The fourth-order valence-electron chi connectivity index (χ4n) is 1.82. The van der Waals surface area contributed by atoms with Crippen molar-refractivity contribution in [1.82, 2.24) is 14.8 Å². The van der Waals surface area contributed by atoms with Crippen molar-refractivity contribution in [3.05, 3.63) is 72.6 Å². The van der Waals surface area contributed by atoms with Crippen LogP contribution in [0.5, 0.6) is 0 Å². The van der Waals surface area contributed by atoms with Gasteiger partial charge in [-0.3, -0.25) is 24.8 Å². The van der Waals surface area contributed by atoms with Crippen LogP contribution < -0.4 is 11.1 Å². The first kappa shape index (κ1) is 13.9. The molecule has 0 bridgehead atoms. The highest BCUT2D eigenvalue weighted by Crippen LogP contribution is 2.24. The molecular weight excluding hydrogens is 308 g/mol. The van der Waals surface area contributed by atoms with Gasteiger partial charge in [-0.25, -0.2) is 4.98 Å². The molecular formula is C13H8N4O4S. The smallest absolute Gasteiger partial charge is 0.268 e. The molecule has 0 atom stereocenters. The normalized spacial score (nSPS) is 10.5. The average molecular weight is 316 g/mol. The highest BCUT2D eigenvalue weighted by Gasteiger charge is 2.10. The Hall–Kier alpha value is -3.07. The van der Waals surface area contributed by atoms with E-state index in [0.29, 0.717) is 16.4 Å². The molecule has 3 rings (SSSR count). The maximum atomic E-state index is 11.7. The zero-order valence-electron chi connectivity index (χ0n) is 10.9. The van der Waals surface area contributed by atoms with Gasteiger partial charge in [0.15, 0.2) is 0 Å². The van der Waals surface area contributed by atoms with Gasteiger partial charge in [0.2, 0.25) is 5.13 Å². The van der Waals surface area contributed by atoms with Crippen LogP contribution in [-0.4, -0.2) is 19.7 Å². The van der Waals surface area contributed by atoms with Gasteiger partial charge in [-0.05, 0) is 12.1 Å². The quantitative estimate of drug-likeness (QED) is 0.582. The third kappa shape index (κ3) is 2.56. The van der Waals surface area contributed by atoms with Crippen LogP contribution in [0.4, 0.5) is 5.69 Å². The number of benzene rings is 1. The van der Waals surface area contributed by atoms with Crippen molar-refractivity contribution >= 4 is 17.0 Å². The molecule has 2 aromatic heterocycles. The molecule has 0 saturated heterocycles. The minimum atomic E-state index is -0.482. The van der Waals surface area contributed by atoms with E-state index in [1.54, 1.807) is 17.5 Å². The number of aromatic nitrogens is 3. The molecule has 0 fully saturated rings. The molecule has 0 radical (unpaired) electrons. The van der Waals surface area contributed by atoms with Gasteiger partial charge in [0, 0.05) is 35.2 Å². The van der Waals surface area contributed by atoms with Crippen molar-refractivity contribution in [2.24, 2.45) is 0 Å². The minimum absolute atomic E-state index is 0.0113. The zero-order chi connectivity index (χ0) is 15.7. The Morgan fingerprint density at radius 1 is 1.14 bits per heavy atom. The van der Waals surface area contributed by atoms with E-state index in [1.807, 2.05) is 0 Å². The summed E-state index contributed by atoms with van der Waals surface area (Å²) in [5.41, 5.74) is 0.421. The molecule has 0 spiro atoms. The molecule has 0 aliphatic rings. The largest absolute Gasteiger partial charge is 0.272 e. The second-order valence-corrected chi connectivity index (χ2v) is 5.14. The SMILES string of the molecule is O=c1ccc(=O)n(-c2nc(-c3ccc([N+](=O)[O-])cc3)cs2)[nH]1. The Kier molecular flexibility index (Phi) is 3.39. The maximum absolute atomic E-state index is 11.7. The Labute approximate surface area is 126 Å². The topological polar surface area (TPSA) is 111 Å². The van der Waals surface area contributed by atoms with Gasteiger partial charge in [-0.15, -0.1) is 11.3 Å². The Morgan fingerprint density at radius 2 is 1.86 bits per heavy atom. The van der Waals surface area contributed by atoms with Gasteiger partial charge < -0.3 is 0 Å². The van der Waals surface area contributed by atoms with Crippen molar-refractivity contribution in [2.45, 2.75) is 0 Å². The summed E-state index contributed by atoms with van der Waals surface area (Å²) in [6.07, 6.45) is 0. The molecule has 9 heteroatoms. The number of thiazole rings is 1. The fraction of sp³-hybridized carbons (Fsp3) is 0. The number of hydrogen-bond acceptors (Lipinski definition) is 6. The van der Waals surface area contributed by atoms with E-state index in [1.165, 1.54) is 23.5 Å². The third-order valence-corrected chi connectivity index (χ3v) is 3.70. The predicted octanol–water partition coefficient (Wildman–Crippen LogP) is 1.56. The lowest BCUT2D eigenvalue weighted by atomic mass is 10.1. The molecule has 0 amide bonds. The number of nitrogens with zero attached hydrogens (tertiary/aromatic N) is 3. The molecule has 8 nitrogen and oxygen atoms in total. The summed E-state index contributed by atoms with van der Waals surface area (Å²) in [6, 6.07) is 8.21.